The van der Waals surface area contributed by atoms with Crippen molar-refractivity contribution >= 4 is 0 Å². The second-order valence-corrected chi connectivity index (χ2v) is 5.54. The Morgan fingerprint density at radius 3 is 2.89 bits per heavy atom. The molecule has 0 spiro atoms. The van der Waals surface area contributed by atoms with Crippen LogP contribution in [-0.4, -0.2) is 23.7 Å². The molecule has 0 amide bonds. The first-order chi connectivity index (χ1) is 8.74. The van der Waals surface area contributed by atoms with Gasteiger partial charge in [-0.1, -0.05) is 19.8 Å². The van der Waals surface area contributed by atoms with Crippen molar-refractivity contribution in [3.05, 3.63) is 30.1 Å². The largest absolute Gasteiger partial charge is 0.373 e. The highest BCUT2D eigenvalue weighted by atomic mass is 16.5. The Morgan fingerprint density at radius 1 is 1.44 bits per heavy atom. The fourth-order valence-electron chi connectivity index (χ4n) is 2.92. The maximum absolute atomic E-state index is 6.15. The minimum Gasteiger partial charge on any atom is -0.373 e. The molecular weight excluding hydrogens is 224 g/mol. The van der Waals surface area contributed by atoms with Crippen molar-refractivity contribution in [1.29, 1.82) is 0 Å². The summed E-state index contributed by atoms with van der Waals surface area (Å²) in [6.45, 7) is 3.71. The third kappa shape index (κ3) is 3.53. The zero-order valence-electron chi connectivity index (χ0n) is 11.3. The fourth-order valence-corrected chi connectivity index (χ4v) is 2.92. The van der Waals surface area contributed by atoms with E-state index in [0.717, 1.165) is 31.8 Å². The smallest absolute Gasteiger partial charge is 0.0806 e. The Hall–Kier alpha value is -0.930. The Bertz CT molecular complexity index is 355. The molecule has 2 unspecified atom stereocenters. The summed E-state index contributed by atoms with van der Waals surface area (Å²) < 4.78 is 6.15. The number of pyridine rings is 1. The molecule has 1 fully saturated rings. The molecule has 0 radical (unpaired) electrons. The average Bonchev–Trinajstić information content (AvgIpc) is 2.40. The van der Waals surface area contributed by atoms with Crippen molar-refractivity contribution in [3.8, 4) is 0 Å². The van der Waals surface area contributed by atoms with Crippen LogP contribution in [-0.2, 0) is 11.2 Å². The second-order valence-electron chi connectivity index (χ2n) is 5.54. The molecule has 1 aromatic rings. The summed E-state index contributed by atoms with van der Waals surface area (Å²) in [4.78, 5) is 4.02. The van der Waals surface area contributed by atoms with E-state index >= 15 is 0 Å². The summed E-state index contributed by atoms with van der Waals surface area (Å²) in [6.07, 6.45) is 9.39. The number of aromatic nitrogens is 1. The van der Waals surface area contributed by atoms with E-state index in [1.54, 1.807) is 0 Å². The van der Waals surface area contributed by atoms with Gasteiger partial charge in [0.2, 0.25) is 0 Å². The normalized spacial score (nSPS) is 28.2. The highest BCUT2D eigenvalue weighted by Gasteiger charge is 2.34. The Kier molecular flexibility index (Phi) is 4.72. The van der Waals surface area contributed by atoms with E-state index < -0.39 is 0 Å². The van der Waals surface area contributed by atoms with Gasteiger partial charge >= 0.3 is 0 Å². The monoisotopic (exact) mass is 248 g/mol. The number of nitrogens with zero attached hydrogens (tertiary/aromatic N) is 1. The molecule has 1 saturated carbocycles. The maximum atomic E-state index is 6.15. The zero-order chi connectivity index (χ0) is 12.8. The van der Waals surface area contributed by atoms with Crippen LogP contribution in [0.3, 0.4) is 0 Å². The summed E-state index contributed by atoms with van der Waals surface area (Å²) >= 11 is 0. The van der Waals surface area contributed by atoms with Crippen LogP contribution in [0.15, 0.2) is 24.5 Å². The highest BCUT2D eigenvalue weighted by Crippen LogP contribution is 2.34. The number of nitrogens with two attached hydrogens (primary N) is 1. The van der Waals surface area contributed by atoms with Crippen LogP contribution < -0.4 is 5.73 Å². The molecule has 0 aromatic carbocycles. The standard InChI is InChI=1S/C15H24N2O/c1-13-3-2-7-15(11-13,12-16)18-10-6-14-4-8-17-9-5-14/h4-5,8-9,13H,2-3,6-7,10-12,16H2,1H3. The SMILES string of the molecule is CC1CCCC(CN)(OCCc2ccncc2)C1. The predicted molar refractivity (Wildman–Crippen MR) is 73.3 cm³/mol. The van der Waals surface area contributed by atoms with Crippen molar-refractivity contribution in [3.63, 3.8) is 0 Å². The molecule has 1 aromatic heterocycles. The summed E-state index contributed by atoms with van der Waals surface area (Å²) in [7, 11) is 0. The highest BCUT2D eigenvalue weighted by molar-refractivity contribution is 5.09. The molecule has 18 heavy (non-hydrogen) atoms. The summed E-state index contributed by atoms with van der Waals surface area (Å²) in [5.74, 6) is 0.739. The van der Waals surface area contributed by atoms with Gasteiger partial charge in [0, 0.05) is 18.9 Å². The summed E-state index contributed by atoms with van der Waals surface area (Å²) in [5, 5.41) is 0. The van der Waals surface area contributed by atoms with E-state index in [9.17, 15) is 0 Å². The molecular formula is C15H24N2O. The minimum absolute atomic E-state index is 0.0648. The van der Waals surface area contributed by atoms with Gasteiger partial charge < -0.3 is 10.5 Å². The lowest BCUT2D eigenvalue weighted by Gasteiger charge is -2.39. The lowest BCUT2D eigenvalue weighted by Crippen LogP contribution is -2.44. The second kappa shape index (κ2) is 6.30. The lowest BCUT2D eigenvalue weighted by atomic mass is 9.79. The van der Waals surface area contributed by atoms with E-state index in [1.807, 2.05) is 24.5 Å². The van der Waals surface area contributed by atoms with Crippen LogP contribution in [0.2, 0.25) is 0 Å². The fraction of sp³-hybridized carbons (Fsp3) is 0.667. The van der Waals surface area contributed by atoms with Crippen LogP contribution in [0.1, 0.15) is 38.2 Å². The molecule has 0 aliphatic heterocycles. The van der Waals surface area contributed by atoms with Gasteiger partial charge in [0.05, 0.1) is 12.2 Å². The van der Waals surface area contributed by atoms with Gasteiger partial charge in [-0.15, -0.1) is 0 Å². The van der Waals surface area contributed by atoms with E-state index in [4.69, 9.17) is 10.5 Å². The van der Waals surface area contributed by atoms with Gasteiger partial charge in [-0.2, -0.15) is 0 Å². The molecule has 0 bridgehead atoms. The molecule has 100 valence electrons. The zero-order valence-corrected chi connectivity index (χ0v) is 11.3. The number of hydrogen-bond donors (Lipinski definition) is 1. The third-order valence-corrected chi connectivity index (χ3v) is 3.97. The Labute approximate surface area is 110 Å². The molecule has 3 heteroatoms. The summed E-state index contributed by atoms with van der Waals surface area (Å²) in [5.41, 5.74) is 7.16. The lowest BCUT2D eigenvalue weighted by molar-refractivity contribution is -0.0730. The van der Waals surface area contributed by atoms with Crippen molar-refractivity contribution in [1.82, 2.24) is 4.98 Å². The summed E-state index contributed by atoms with van der Waals surface area (Å²) in [6, 6.07) is 4.09. The molecule has 0 saturated heterocycles. The van der Waals surface area contributed by atoms with E-state index in [1.165, 1.54) is 18.4 Å². The predicted octanol–water partition coefficient (Wildman–Crippen LogP) is 2.55. The first kappa shape index (κ1) is 13.5. The van der Waals surface area contributed by atoms with Crippen LogP contribution in [0.5, 0.6) is 0 Å². The van der Waals surface area contributed by atoms with Gasteiger partial charge in [-0.05, 0) is 42.9 Å². The molecule has 2 atom stereocenters. The van der Waals surface area contributed by atoms with Gasteiger partial charge in [0.1, 0.15) is 0 Å². The van der Waals surface area contributed by atoms with Gasteiger partial charge in [-0.3, -0.25) is 4.98 Å². The van der Waals surface area contributed by atoms with Crippen LogP contribution in [0.25, 0.3) is 0 Å². The molecule has 1 aliphatic rings. The van der Waals surface area contributed by atoms with Crippen LogP contribution in [0.4, 0.5) is 0 Å². The average molecular weight is 248 g/mol. The van der Waals surface area contributed by atoms with Gasteiger partial charge in [0.25, 0.3) is 0 Å². The molecule has 1 heterocycles. The third-order valence-electron chi connectivity index (χ3n) is 3.97. The number of ether oxygens (including phenoxy) is 1. The van der Waals surface area contributed by atoms with Crippen LogP contribution in [0, 0.1) is 5.92 Å². The van der Waals surface area contributed by atoms with E-state index in [2.05, 4.69) is 11.9 Å². The molecule has 2 N–H and O–H groups in total. The quantitative estimate of drug-likeness (QED) is 0.871. The van der Waals surface area contributed by atoms with Crippen molar-refractivity contribution < 1.29 is 4.74 Å². The maximum Gasteiger partial charge on any atom is 0.0806 e. The number of rotatable bonds is 5. The van der Waals surface area contributed by atoms with Crippen molar-refractivity contribution in [2.45, 2.75) is 44.6 Å². The van der Waals surface area contributed by atoms with Crippen molar-refractivity contribution in [2.24, 2.45) is 11.7 Å². The van der Waals surface area contributed by atoms with E-state index in [-0.39, 0.29) is 5.60 Å². The first-order valence-electron chi connectivity index (χ1n) is 6.97. The first-order valence-corrected chi connectivity index (χ1v) is 6.97. The molecule has 3 nitrogen and oxygen atoms in total. The van der Waals surface area contributed by atoms with Gasteiger partial charge in [-0.25, -0.2) is 0 Å². The van der Waals surface area contributed by atoms with Crippen molar-refractivity contribution in [2.75, 3.05) is 13.2 Å². The van der Waals surface area contributed by atoms with E-state index in [0.29, 0.717) is 6.54 Å². The topological polar surface area (TPSA) is 48.1 Å². The minimum atomic E-state index is -0.0648. The molecule has 1 aliphatic carbocycles. The van der Waals surface area contributed by atoms with Crippen LogP contribution >= 0.6 is 0 Å². The Morgan fingerprint density at radius 2 is 2.22 bits per heavy atom. The Balaban J connectivity index is 1.83. The number of hydrogen-bond acceptors (Lipinski definition) is 3. The molecule has 2 rings (SSSR count). The van der Waals surface area contributed by atoms with Gasteiger partial charge in [0.15, 0.2) is 0 Å².